The van der Waals surface area contributed by atoms with Gasteiger partial charge in [0.15, 0.2) is 11.5 Å². The maximum Gasteiger partial charge on any atom is 0.573 e. The summed E-state index contributed by atoms with van der Waals surface area (Å²) in [6.45, 7) is -0.362. The highest BCUT2D eigenvalue weighted by atomic mass is 32.2. The monoisotopic (exact) mass is 421 g/mol. The van der Waals surface area contributed by atoms with Crippen molar-refractivity contribution in [1.82, 2.24) is 4.72 Å². The van der Waals surface area contributed by atoms with E-state index < -0.39 is 28.2 Å². The maximum atomic E-state index is 12.3. The summed E-state index contributed by atoms with van der Waals surface area (Å²) in [4.78, 5) is -0.276. The number of ether oxygens (including phenoxy) is 3. The Balaban J connectivity index is 2.06. The number of methoxy groups -OCH3 is 2. The average molecular weight is 421 g/mol. The van der Waals surface area contributed by atoms with Gasteiger partial charge in [-0.1, -0.05) is 6.07 Å². The molecule has 0 saturated heterocycles. The number of aliphatic hydroxyl groups excluding tert-OH is 1. The molecule has 2 rings (SSSR count). The van der Waals surface area contributed by atoms with Crippen molar-refractivity contribution in [2.24, 2.45) is 0 Å². The van der Waals surface area contributed by atoms with Crippen molar-refractivity contribution >= 4 is 10.0 Å². The molecule has 0 aromatic heterocycles. The van der Waals surface area contributed by atoms with Crippen LogP contribution in [0.2, 0.25) is 0 Å². The van der Waals surface area contributed by atoms with E-state index in [1.807, 2.05) is 0 Å². The Hall–Kier alpha value is -2.50. The third-order valence-corrected chi connectivity index (χ3v) is 5.07. The van der Waals surface area contributed by atoms with E-state index >= 15 is 0 Å². The quantitative estimate of drug-likeness (QED) is 0.681. The van der Waals surface area contributed by atoms with Gasteiger partial charge in [0.25, 0.3) is 0 Å². The molecule has 0 aliphatic carbocycles. The zero-order valence-corrected chi connectivity index (χ0v) is 15.7. The number of rotatable bonds is 8. The van der Waals surface area contributed by atoms with Crippen LogP contribution in [0.4, 0.5) is 13.2 Å². The van der Waals surface area contributed by atoms with Crippen LogP contribution in [-0.2, 0) is 10.0 Å². The highest BCUT2D eigenvalue weighted by Gasteiger charge is 2.31. The smallest absolute Gasteiger partial charge is 0.493 e. The Morgan fingerprint density at radius 3 is 2.18 bits per heavy atom. The number of nitrogens with one attached hydrogen (secondary N) is 1. The topological polar surface area (TPSA) is 94.1 Å². The summed E-state index contributed by atoms with van der Waals surface area (Å²) < 4.78 is 77.1. The second-order valence-corrected chi connectivity index (χ2v) is 7.27. The Morgan fingerprint density at radius 2 is 1.64 bits per heavy atom. The molecule has 0 aliphatic rings. The maximum absolute atomic E-state index is 12.3. The summed E-state index contributed by atoms with van der Waals surface area (Å²) in [5.74, 6) is 0.263. The third-order valence-electron chi connectivity index (χ3n) is 3.63. The van der Waals surface area contributed by atoms with Crippen LogP contribution in [0.3, 0.4) is 0 Å². The van der Waals surface area contributed by atoms with Gasteiger partial charge in [-0.3, -0.25) is 0 Å². The third kappa shape index (κ3) is 5.75. The molecule has 2 aromatic rings. The number of sulfonamides is 1. The number of benzene rings is 2. The first-order valence-corrected chi connectivity index (χ1v) is 9.29. The summed E-state index contributed by atoms with van der Waals surface area (Å²) in [5.41, 5.74) is 0.384. The van der Waals surface area contributed by atoms with Gasteiger partial charge in [0.2, 0.25) is 10.0 Å². The van der Waals surface area contributed by atoms with Crippen LogP contribution in [0.5, 0.6) is 17.2 Å². The van der Waals surface area contributed by atoms with Gasteiger partial charge in [-0.05, 0) is 42.0 Å². The summed E-state index contributed by atoms with van der Waals surface area (Å²) >= 11 is 0. The van der Waals surface area contributed by atoms with Gasteiger partial charge < -0.3 is 19.3 Å². The zero-order valence-electron chi connectivity index (χ0n) is 14.9. The number of aliphatic hydroxyl groups is 1. The molecule has 0 fully saturated rings. The summed E-state index contributed by atoms with van der Waals surface area (Å²) in [5, 5.41) is 10.2. The highest BCUT2D eigenvalue weighted by Crippen LogP contribution is 2.30. The molecule has 11 heteroatoms. The van der Waals surface area contributed by atoms with Crippen LogP contribution in [0, 0.1) is 0 Å². The first kappa shape index (κ1) is 21.8. The zero-order chi connectivity index (χ0) is 20.9. The first-order chi connectivity index (χ1) is 13.1. The van der Waals surface area contributed by atoms with Crippen LogP contribution in [0.15, 0.2) is 47.4 Å². The van der Waals surface area contributed by atoms with Gasteiger partial charge in [0.05, 0.1) is 25.2 Å². The van der Waals surface area contributed by atoms with E-state index in [1.165, 1.54) is 20.3 Å². The molecule has 154 valence electrons. The lowest BCUT2D eigenvalue weighted by Crippen LogP contribution is -2.28. The largest absolute Gasteiger partial charge is 0.573 e. The van der Waals surface area contributed by atoms with Gasteiger partial charge in [-0.2, -0.15) is 0 Å². The van der Waals surface area contributed by atoms with Crippen molar-refractivity contribution in [2.75, 3.05) is 20.8 Å². The molecule has 7 nitrogen and oxygen atoms in total. The molecular weight excluding hydrogens is 403 g/mol. The van der Waals surface area contributed by atoms with Crippen LogP contribution in [0.25, 0.3) is 0 Å². The number of hydrogen-bond acceptors (Lipinski definition) is 6. The molecule has 0 bridgehead atoms. The molecule has 2 N–H and O–H groups in total. The van der Waals surface area contributed by atoms with Crippen LogP contribution >= 0.6 is 0 Å². The fraction of sp³-hybridized carbons (Fsp3) is 0.294. The van der Waals surface area contributed by atoms with Crippen LogP contribution < -0.4 is 18.9 Å². The fourth-order valence-corrected chi connectivity index (χ4v) is 3.31. The summed E-state index contributed by atoms with van der Waals surface area (Å²) in [6.07, 6.45) is -6.07. The van der Waals surface area contributed by atoms with Crippen LogP contribution in [0.1, 0.15) is 11.7 Å². The van der Waals surface area contributed by atoms with E-state index in [0.29, 0.717) is 17.1 Å². The number of alkyl halides is 3. The molecule has 2 aromatic carbocycles. The Bertz CT molecular complexity index is 900. The van der Waals surface area contributed by atoms with Gasteiger partial charge >= 0.3 is 6.36 Å². The average Bonchev–Trinajstić information content (AvgIpc) is 2.64. The Labute approximate surface area is 159 Å². The minimum atomic E-state index is -4.87. The van der Waals surface area contributed by atoms with Gasteiger partial charge in [-0.15, -0.1) is 13.2 Å². The van der Waals surface area contributed by atoms with E-state index in [9.17, 15) is 26.7 Å². The lowest BCUT2D eigenvalue weighted by molar-refractivity contribution is -0.274. The van der Waals surface area contributed by atoms with E-state index in [0.717, 1.165) is 24.3 Å². The minimum absolute atomic E-state index is 0.276. The minimum Gasteiger partial charge on any atom is -0.493 e. The number of hydrogen-bond donors (Lipinski definition) is 2. The Morgan fingerprint density at radius 1 is 1.04 bits per heavy atom. The SMILES string of the molecule is COc1ccc(C(O)CNS(=O)(=O)c2ccc(OC(F)(F)F)cc2)cc1OC. The van der Waals surface area contributed by atoms with Crippen molar-refractivity contribution in [3.63, 3.8) is 0 Å². The van der Waals surface area contributed by atoms with E-state index in [2.05, 4.69) is 9.46 Å². The standard InChI is InChI=1S/C17H18F3NO6S/c1-25-15-8-3-11(9-16(15)26-2)14(22)10-21-28(23,24)13-6-4-12(5-7-13)27-17(18,19)20/h3-9,14,21-22H,10H2,1-2H3. The van der Waals surface area contributed by atoms with Gasteiger partial charge in [-0.25, -0.2) is 13.1 Å². The number of halogens is 3. The fourth-order valence-electron chi connectivity index (χ4n) is 2.27. The second-order valence-electron chi connectivity index (χ2n) is 5.50. The lowest BCUT2D eigenvalue weighted by Gasteiger charge is -2.15. The lowest BCUT2D eigenvalue weighted by atomic mass is 10.1. The summed E-state index contributed by atoms with van der Waals surface area (Å²) in [7, 11) is -1.18. The predicted molar refractivity (Wildman–Crippen MR) is 92.8 cm³/mol. The molecule has 0 saturated carbocycles. The Kier molecular flexibility index (Phi) is 6.75. The molecule has 0 amide bonds. The second kappa shape index (κ2) is 8.67. The predicted octanol–water partition coefficient (Wildman–Crippen LogP) is 2.61. The molecule has 0 radical (unpaired) electrons. The normalized spacial score (nSPS) is 13.1. The van der Waals surface area contributed by atoms with Crippen molar-refractivity contribution in [2.45, 2.75) is 17.4 Å². The van der Waals surface area contributed by atoms with Gasteiger partial charge in [0.1, 0.15) is 5.75 Å². The van der Waals surface area contributed by atoms with Crippen molar-refractivity contribution in [1.29, 1.82) is 0 Å². The first-order valence-electron chi connectivity index (χ1n) is 7.81. The summed E-state index contributed by atoms with van der Waals surface area (Å²) in [6, 6.07) is 8.30. The van der Waals surface area contributed by atoms with Gasteiger partial charge in [0, 0.05) is 6.54 Å². The molecule has 1 atom stereocenters. The van der Waals surface area contributed by atoms with Crippen molar-refractivity contribution in [3.05, 3.63) is 48.0 Å². The van der Waals surface area contributed by atoms with E-state index in [4.69, 9.17) is 9.47 Å². The van der Waals surface area contributed by atoms with Crippen LogP contribution in [-0.4, -0.2) is 40.7 Å². The van der Waals surface area contributed by atoms with Crippen molar-refractivity contribution in [3.8, 4) is 17.2 Å². The molecule has 0 heterocycles. The van der Waals surface area contributed by atoms with Crippen molar-refractivity contribution < 1.29 is 40.9 Å². The van der Waals surface area contributed by atoms with E-state index in [1.54, 1.807) is 12.1 Å². The van der Waals surface area contributed by atoms with E-state index in [-0.39, 0.29) is 11.4 Å². The molecular formula is C17H18F3NO6S. The molecule has 0 spiro atoms. The highest BCUT2D eigenvalue weighted by molar-refractivity contribution is 7.89. The molecule has 1 unspecified atom stereocenters. The molecule has 28 heavy (non-hydrogen) atoms. The molecule has 0 aliphatic heterocycles.